The van der Waals surface area contributed by atoms with Gasteiger partial charge in [0.2, 0.25) is 11.8 Å². The topological polar surface area (TPSA) is 169 Å². The lowest BCUT2D eigenvalue weighted by Crippen LogP contribution is -2.58. The van der Waals surface area contributed by atoms with Crippen LogP contribution in [0.4, 0.5) is 4.79 Å². The van der Waals surface area contributed by atoms with Crippen LogP contribution in [0.1, 0.15) is 87.1 Å². The number of ether oxygens (including phenoxy) is 3. The third-order valence-electron chi connectivity index (χ3n) is 8.33. The Kier molecular flexibility index (Phi) is 16.2. The number of esters is 1. The number of ketones is 2. The summed E-state index contributed by atoms with van der Waals surface area (Å²) in [5.74, 6) is -1.63. The molecule has 0 aliphatic carbocycles. The maximum Gasteiger partial charge on any atom is 0.408 e. The van der Waals surface area contributed by atoms with Crippen LogP contribution in [-0.2, 0) is 39.9 Å². The lowest BCUT2D eigenvalue weighted by Gasteiger charge is -2.30. The van der Waals surface area contributed by atoms with Crippen molar-refractivity contribution in [2.75, 3.05) is 26.3 Å². The number of carbonyl (C=O) groups excluding carboxylic acids is 6. The Labute approximate surface area is 290 Å². The number of amides is 3. The molecule has 0 bridgehead atoms. The Bertz CT molecular complexity index is 1290. The molecule has 13 nitrogen and oxygen atoms in total. The number of nitrogens with zero attached hydrogens (tertiary/aromatic N) is 1. The normalized spacial score (nSPS) is 17.3. The van der Waals surface area contributed by atoms with E-state index in [0.29, 0.717) is 31.6 Å². The number of Topliss-reactive ketones (excluding diaryl/α,β-unsaturated/α-hetero) is 2. The van der Waals surface area contributed by atoms with Gasteiger partial charge in [0.15, 0.2) is 18.2 Å². The molecule has 1 saturated heterocycles. The summed E-state index contributed by atoms with van der Waals surface area (Å²) in [5.41, 5.74) is -0.0625. The van der Waals surface area contributed by atoms with Gasteiger partial charge < -0.3 is 30.2 Å². The van der Waals surface area contributed by atoms with Crippen molar-refractivity contribution < 1.29 is 43.0 Å². The molecule has 5 atom stereocenters. The lowest BCUT2D eigenvalue weighted by molar-refractivity contribution is -0.145. The third-order valence-corrected chi connectivity index (χ3v) is 8.33. The molecule has 1 heterocycles. The van der Waals surface area contributed by atoms with Crippen molar-refractivity contribution >= 4 is 35.4 Å². The first-order valence-electron chi connectivity index (χ1n) is 17.2. The van der Waals surface area contributed by atoms with E-state index in [4.69, 9.17) is 14.2 Å². The zero-order chi connectivity index (χ0) is 36.9. The highest BCUT2D eigenvalue weighted by Gasteiger charge is 2.37. The molecule has 0 radical (unpaired) electrons. The third kappa shape index (κ3) is 13.8. The molecule has 274 valence electrons. The maximum atomic E-state index is 13.8. The first-order chi connectivity index (χ1) is 22.9. The molecule has 3 N–H and O–H groups in total. The highest BCUT2D eigenvalue weighted by atomic mass is 16.6. The van der Waals surface area contributed by atoms with Crippen LogP contribution >= 0.6 is 0 Å². The van der Waals surface area contributed by atoms with Crippen LogP contribution in [0.5, 0.6) is 5.75 Å². The molecule has 0 spiro atoms. The van der Waals surface area contributed by atoms with Crippen molar-refractivity contribution in [2.45, 2.75) is 118 Å². The second-order valence-electron chi connectivity index (χ2n) is 13.9. The predicted molar refractivity (Wildman–Crippen MR) is 184 cm³/mol. The fourth-order valence-electron chi connectivity index (χ4n) is 5.55. The van der Waals surface area contributed by atoms with Crippen molar-refractivity contribution in [3.8, 4) is 5.75 Å². The minimum absolute atomic E-state index is 0.112. The second kappa shape index (κ2) is 19.3. The summed E-state index contributed by atoms with van der Waals surface area (Å²) in [6.07, 6.45) is 1.18. The zero-order valence-corrected chi connectivity index (χ0v) is 30.6. The minimum atomic E-state index is -0.969. The standard InChI is InChI=1S/C36H56N4O9/c1-10-23(5)32(34(45)38-31(22(3)4)24(6)41)39-33(44)28-13-12-18-40(28)20-29(42)27(37-35(46)49-36(7,8)9)19-25-14-16-26(17-15-25)48-21-30(43)47-11-2/h14-17,22-23,27-28,31-32H,10-13,18-21H2,1-9H3,(H,37,46)(H,38,45)(H,39,44)/t23?,27?,28-,31-,32+/m0/s1. The molecule has 49 heavy (non-hydrogen) atoms. The number of benzene rings is 1. The average Bonchev–Trinajstić information content (AvgIpc) is 3.48. The number of hydrogen-bond donors (Lipinski definition) is 3. The Hall–Kier alpha value is -4.00. The molecule has 0 saturated carbocycles. The van der Waals surface area contributed by atoms with Gasteiger partial charge in [-0.1, -0.05) is 46.2 Å². The van der Waals surface area contributed by atoms with Crippen molar-refractivity contribution in [1.29, 1.82) is 0 Å². The number of nitrogens with one attached hydrogen (secondary N) is 3. The van der Waals surface area contributed by atoms with Gasteiger partial charge in [0.1, 0.15) is 17.4 Å². The van der Waals surface area contributed by atoms with E-state index < -0.39 is 47.7 Å². The largest absolute Gasteiger partial charge is 0.482 e. The monoisotopic (exact) mass is 688 g/mol. The highest BCUT2D eigenvalue weighted by Crippen LogP contribution is 2.20. The van der Waals surface area contributed by atoms with Gasteiger partial charge >= 0.3 is 12.1 Å². The number of hydrogen-bond acceptors (Lipinski definition) is 10. The Morgan fingerprint density at radius 2 is 1.59 bits per heavy atom. The lowest BCUT2D eigenvalue weighted by atomic mass is 9.95. The number of alkyl carbamates (subject to hydrolysis) is 1. The molecule has 13 heteroatoms. The van der Waals surface area contributed by atoms with Crippen molar-refractivity contribution in [2.24, 2.45) is 11.8 Å². The van der Waals surface area contributed by atoms with Crippen LogP contribution < -0.4 is 20.7 Å². The highest BCUT2D eigenvalue weighted by molar-refractivity contribution is 5.94. The molecule has 0 aromatic heterocycles. The summed E-state index contributed by atoms with van der Waals surface area (Å²) in [6, 6.07) is 3.64. The summed E-state index contributed by atoms with van der Waals surface area (Å²) in [6.45, 7) is 16.2. The van der Waals surface area contributed by atoms with Crippen molar-refractivity contribution in [3.05, 3.63) is 29.8 Å². The summed E-state index contributed by atoms with van der Waals surface area (Å²) < 4.78 is 15.8. The number of carbonyl (C=O) groups is 6. The van der Waals surface area contributed by atoms with E-state index in [1.165, 1.54) is 6.92 Å². The van der Waals surface area contributed by atoms with Gasteiger partial charge in [0.25, 0.3) is 0 Å². The smallest absolute Gasteiger partial charge is 0.408 e. The van der Waals surface area contributed by atoms with E-state index in [-0.39, 0.29) is 55.5 Å². The van der Waals surface area contributed by atoms with Crippen LogP contribution in [0.3, 0.4) is 0 Å². The molecule has 1 fully saturated rings. The Morgan fingerprint density at radius 3 is 2.14 bits per heavy atom. The van der Waals surface area contributed by atoms with Gasteiger partial charge in [-0.25, -0.2) is 9.59 Å². The quantitative estimate of drug-likeness (QED) is 0.195. The second-order valence-corrected chi connectivity index (χ2v) is 13.9. The zero-order valence-electron chi connectivity index (χ0n) is 30.6. The van der Waals surface area contributed by atoms with Gasteiger partial charge in [-0.3, -0.25) is 24.1 Å². The van der Waals surface area contributed by atoms with E-state index in [9.17, 15) is 28.8 Å². The van der Waals surface area contributed by atoms with Crippen LogP contribution in [-0.4, -0.2) is 96.4 Å². The van der Waals surface area contributed by atoms with Crippen LogP contribution in [0, 0.1) is 11.8 Å². The SMILES string of the molecule is CCOC(=O)COc1ccc(CC(NC(=O)OC(C)(C)C)C(=O)CN2CCC[C@H]2C(=O)N[C@@H](C(=O)N[C@H](C(C)=O)C(C)C)C(C)CC)cc1. The molecule has 3 amide bonds. The number of likely N-dealkylation sites (tertiary alicyclic amines) is 1. The molecule has 2 rings (SSSR count). The van der Waals surface area contributed by atoms with Crippen molar-refractivity contribution in [3.63, 3.8) is 0 Å². The maximum absolute atomic E-state index is 13.8. The molecule has 1 aromatic rings. The van der Waals surface area contributed by atoms with E-state index in [0.717, 1.165) is 5.56 Å². The first-order valence-corrected chi connectivity index (χ1v) is 17.2. The molecule has 1 aromatic carbocycles. The summed E-state index contributed by atoms with van der Waals surface area (Å²) >= 11 is 0. The average molecular weight is 689 g/mol. The van der Waals surface area contributed by atoms with Gasteiger partial charge in [0, 0.05) is 0 Å². The van der Waals surface area contributed by atoms with Crippen LogP contribution in [0.25, 0.3) is 0 Å². The van der Waals surface area contributed by atoms with E-state index in [1.807, 2.05) is 27.7 Å². The number of rotatable bonds is 18. The summed E-state index contributed by atoms with van der Waals surface area (Å²) in [7, 11) is 0. The Morgan fingerprint density at radius 1 is 0.939 bits per heavy atom. The molecule has 2 unspecified atom stereocenters. The van der Waals surface area contributed by atoms with Crippen LogP contribution in [0.15, 0.2) is 24.3 Å². The van der Waals surface area contributed by atoms with Gasteiger partial charge in [-0.15, -0.1) is 0 Å². The van der Waals surface area contributed by atoms with Crippen molar-refractivity contribution in [1.82, 2.24) is 20.9 Å². The van der Waals surface area contributed by atoms with Gasteiger partial charge in [-0.05, 0) is 90.0 Å². The van der Waals surface area contributed by atoms with E-state index in [2.05, 4.69) is 16.0 Å². The minimum Gasteiger partial charge on any atom is -0.482 e. The predicted octanol–water partition coefficient (Wildman–Crippen LogP) is 3.36. The molecule has 1 aliphatic heterocycles. The van der Waals surface area contributed by atoms with Gasteiger partial charge in [-0.2, -0.15) is 0 Å². The van der Waals surface area contributed by atoms with E-state index in [1.54, 1.807) is 56.9 Å². The molecule has 1 aliphatic rings. The summed E-state index contributed by atoms with van der Waals surface area (Å²) in [5, 5.41) is 8.42. The van der Waals surface area contributed by atoms with E-state index >= 15 is 0 Å². The first kappa shape index (κ1) is 41.2. The van der Waals surface area contributed by atoms with Crippen LogP contribution in [0.2, 0.25) is 0 Å². The molecular formula is C36H56N4O9. The molecular weight excluding hydrogens is 632 g/mol. The fourth-order valence-corrected chi connectivity index (χ4v) is 5.55. The summed E-state index contributed by atoms with van der Waals surface area (Å²) in [4.78, 5) is 79.1. The van der Waals surface area contributed by atoms with Gasteiger partial charge in [0.05, 0.1) is 31.3 Å². The Balaban J connectivity index is 2.19. The fraction of sp³-hybridized carbons (Fsp3) is 0.667.